The largest absolute Gasteiger partial charge is 0.472 e. The first-order valence-corrected chi connectivity index (χ1v) is 24.3. The van der Waals surface area contributed by atoms with E-state index in [1.54, 1.807) is 6.92 Å². The van der Waals surface area contributed by atoms with Gasteiger partial charge in [-0.1, -0.05) is 89.9 Å². The molecule has 1 aliphatic rings. The summed E-state index contributed by atoms with van der Waals surface area (Å²) in [5, 5.41) is 31.7. The van der Waals surface area contributed by atoms with Crippen molar-refractivity contribution in [3.63, 3.8) is 0 Å². The van der Waals surface area contributed by atoms with Crippen LogP contribution in [0.2, 0.25) is 0 Å². The molecule has 0 aromatic rings. The Hall–Kier alpha value is -3.93. The first-order chi connectivity index (χ1) is 29.8. The van der Waals surface area contributed by atoms with Crippen molar-refractivity contribution in [2.75, 3.05) is 13.2 Å². The molecule has 0 saturated heterocycles. The van der Waals surface area contributed by atoms with Crippen LogP contribution in [0, 0.1) is 82.9 Å². The van der Waals surface area contributed by atoms with Gasteiger partial charge < -0.3 is 49.3 Å². The summed E-state index contributed by atoms with van der Waals surface area (Å²) in [6.07, 6.45) is -3.11. The molecule has 0 aromatic heterocycles. The number of unbranched alkanes of at least 4 members (excludes halogenated alkanes) is 12. The summed E-state index contributed by atoms with van der Waals surface area (Å²) in [5.41, 5.74) is 0. The number of hydrogen-bond donors (Lipinski definition) is 8. The van der Waals surface area contributed by atoms with Crippen molar-refractivity contribution in [3.8, 4) is 82.9 Å². The molecule has 0 heterocycles. The summed E-state index contributed by atoms with van der Waals surface area (Å²) < 4.78 is 64.6. The quantitative estimate of drug-likeness (QED) is 0.0203. The lowest BCUT2D eigenvalue weighted by molar-refractivity contribution is -0.213. The van der Waals surface area contributed by atoms with Crippen LogP contribution in [0.15, 0.2) is 0 Å². The molecule has 1 saturated carbocycles. The van der Waals surface area contributed by atoms with Gasteiger partial charge in [0.25, 0.3) is 0 Å². The highest BCUT2D eigenvalue weighted by atomic mass is 31.2. The Balaban J connectivity index is 2.98. The van der Waals surface area contributed by atoms with Crippen molar-refractivity contribution in [2.24, 2.45) is 0 Å². The van der Waals surface area contributed by atoms with Gasteiger partial charge in [-0.3, -0.25) is 22.9 Å². The van der Waals surface area contributed by atoms with Crippen LogP contribution in [0.3, 0.4) is 0 Å². The average Bonchev–Trinajstić information content (AvgIpc) is 3.20. The van der Waals surface area contributed by atoms with Crippen LogP contribution >= 0.6 is 23.5 Å². The van der Waals surface area contributed by atoms with Gasteiger partial charge >= 0.3 is 35.4 Å². The Bertz CT molecular complexity index is 2030. The Kier molecular flexibility index (Phi) is 28.9. The Morgan fingerprint density at radius 1 is 0.540 bits per heavy atom. The van der Waals surface area contributed by atoms with Gasteiger partial charge in [0.15, 0.2) is 6.10 Å². The molecule has 4 unspecified atom stereocenters. The standard InChI is InChI=1S/C41H53O19P3/c1-3-5-7-9-11-13-15-17-19-21-23-25-27-29-34(42)55-31-33(57-35(43)30-28-26-24-22-20-18-16-14-12-10-8-6-4-2)32-56-63(53,54)60-41-37(45)39(58-61(47,48)49)36(44)40(38(41)46)59-62(50,51)52/h33,36-41,44-46H,4,6,8,10,12,14,16,18,20,22,24,26,28,30-32H2,1-2H3,(H,53,54)(H2,47,48,49)(H2,50,51,52)/t33-,36?,37-,38?,39-,40+,41?/m1/s1. The topological polar surface area (TPSA) is 303 Å². The molecule has 0 amide bonds. The number of hydrogen-bond acceptors (Lipinski definition) is 14. The van der Waals surface area contributed by atoms with Gasteiger partial charge in [0.1, 0.15) is 43.2 Å². The van der Waals surface area contributed by atoms with E-state index in [4.69, 9.17) is 18.5 Å². The van der Waals surface area contributed by atoms with Crippen molar-refractivity contribution in [2.45, 2.75) is 146 Å². The fraction of sp³-hybridized carbons (Fsp3) is 0.610. The van der Waals surface area contributed by atoms with E-state index in [0.717, 1.165) is 25.7 Å². The second-order valence-corrected chi connectivity index (χ2v) is 17.3. The summed E-state index contributed by atoms with van der Waals surface area (Å²) in [6, 6.07) is 0. The average molecular weight is 943 g/mol. The predicted octanol–water partition coefficient (Wildman–Crippen LogP) is 2.52. The maximum absolute atomic E-state index is 13.0. The molecule has 1 aliphatic carbocycles. The van der Waals surface area contributed by atoms with Gasteiger partial charge in [0.05, 0.1) is 6.61 Å². The summed E-state index contributed by atoms with van der Waals surface area (Å²) in [7, 11) is -16.7. The lowest BCUT2D eigenvalue weighted by Crippen LogP contribution is -2.65. The van der Waals surface area contributed by atoms with E-state index in [2.05, 4.69) is 92.9 Å². The van der Waals surface area contributed by atoms with Gasteiger partial charge in [0, 0.05) is 12.3 Å². The minimum Gasteiger partial charge on any atom is -0.456 e. The normalized spacial score (nSPS) is 20.3. The third-order valence-corrected chi connectivity index (χ3v) is 10.4. The Labute approximate surface area is 367 Å². The van der Waals surface area contributed by atoms with Gasteiger partial charge in [-0.2, -0.15) is 0 Å². The van der Waals surface area contributed by atoms with Crippen LogP contribution in [0.5, 0.6) is 0 Å². The number of aliphatic hydroxyl groups is 3. The van der Waals surface area contributed by atoms with Crippen molar-refractivity contribution in [1.29, 1.82) is 0 Å². The maximum Gasteiger partial charge on any atom is 0.472 e. The third-order valence-electron chi connectivity index (χ3n) is 8.38. The van der Waals surface area contributed by atoms with Crippen molar-refractivity contribution >= 4 is 35.4 Å². The van der Waals surface area contributed by atoms with Crippen LogP contribution in [-0.2, 0) is 50.9 Å². The zero-order chi connectivity index (χ0) is 47.2. The van der Waals surface area contributed by atoms with Gasteiger partial charge in [-0.05, 0) is 84.4 Å². The fourth-order valence-electron chi connectivity index (χ4n) is 5.53. The van der Waals surface area contributed by atoms with E-state index in [1.165, 1.54) is 44.9 Å². The van der Waals surface area contributed by atoms with Crippen molar-refractivity contribution in [1.82, 2.24) is 0 Å². The van der Waals surface area contributed by atoms with Crippen molar-refractivity contribution < 1.29 is 90.6 Å². The van der Waals surface area contributed by atoms with Crippen LogP contribution in [0.1, 0.15) is 104 Å². The molecule has 1 fully saturated rings. The predicted molar refractivity (Wildman–Crippen MR) is 224 cm³/mol. The third kappa shape index (κ3) is 28.5. The molecule has 0 aromatic carbocycles. The maximum atomic E-state index is 13.0. The molecule has 0 bridgehead atoms. The minimum absolute atomic E-state index is 0.0875. The molecule has 1 rings (SSSR count). The molecule has 346 valence electrons. The number of phosphoric acid groups is 3. The zero-order valence-electron chi connectivity index (χ0n) is 34.8. The highest BCUT2D eigenvalue weighted by Gasteiger charge is 2.56. The molecule has 0 aliphatic heterocycles. The molecular weight excluding hydrogens is 889 g/mol. The number of rotatable bonds is 26. The molecule has 0 spiro atoms. The molecule has 8 atom stereocenters. The molecule has 19 nitrogen and oxygen atoms in total. The first kappa shape index (κ1) is 57.1. The van der Waals surface area contributed by atoms with E-state index < -0.39 is 91.3 Å². The number of phosphoric ester groups is 3. The molecule has 8 N–H and O–H groups in total. The van der Waals surface area contributed by atoms with E-state index >= 15 is 0 Å². The van der Waals surface area contributed by atoms with E-state index in [-0.39, 0.29) is 6.42 Å². The van der Waals surface area contributed by atoms with E-state index in [1.807, 2.05) is 5.92 Å². The van der Waals surface area contributed by atoms with Gasteiger partial charge in [0.2, 0.25) is 0 Å². The number of esters is 2. The lowest BCUT2D eigenvalue weighted by atomic mass is 9.85. The Morgan fingerprint density at radius 3 is 1.33 bits per heavy atom. The minimum atomic E-state index is -5.58. The summed E-state index contributed by atoms with van der Waals surface area (Å²) >= 11 is 0. The van der Waals surface area contributed by atoms with Crippen LogP contribution < -0.4 is 0 Å². The molecule has 22 heteroatoms. The number of carbonyl (C=O) groups is 2. The second kappa shape index (κ2) is 31.8. The summed E-state index contributed by atoms with van der Waals surface area (Å²) in [4.78, 5) is 72.5. The highest BCUT2D eigenvalue weighted by molar-refractivity contribution is 7.47. The van der Waals surface area contributed by atoms with E-state index in [9.17, 15) is 63.1 Å². The van der Waals surface area contributed by atoms with Crippen LogP contribution in [0.25, 0.3) is 0 Å². The van der Waals surface area contributed by atoms with Gasteiger partial charge in [-0.25, -0.2) is 18.5 Å². The summed E-state index contributed by atoms with van der Waals surface area (Å²) in [5.74, 6) is 31.2. The lowest BCUT2D eigenvalue weighted by Gasteiger charge is -2.44. The Morgan fingerprint density at radius 2 is 0.921 bits per heavy atom. The first-order valence-electron chi connectivity index (χ1n) is 19.8. The summed E-state index contributed by atoms with van der Waals surface area (Å²) in [6.45, 7) is 1.96. The van der Waals surface area contributed by atoms with Crippen LogP contribution in [0.4, 0.5) is 0 Å². The number of ether oxygens (including phenoxy) is 2. The second-order valence-electron chi connectivity index (χ2n) is 13.5. The number of aliphatic hydroxyl groups excluding tert-OH is 3. The smallest absolute Gasteiger partial charge is 0.456 e. The molecular formula is C41H53O19P3. The van der Waals surface area contributed by atoms with Crippen LogP contribution in [-0.4, -0.2) is 108 Å². The molecule has 0 radical (unpaired) electrons. The zero-order valence-corrected chi connectivity index (χ0v) is 37.4. The SMILES string of the molecule is CC#CC#CC#CC#CC#CC#CC#CC(=O)OC[C@H](COP(=O)(O)OC1C(O)[C@@H](OP(=O)(O)O)C(O)[C@@H](OP(=O)(O)O)[C@H]1O)OC(=O)CCCCCCCCCCCCCCC. The highest BCUT2D eigenvalue weighted by Crippen LogP contribution is 2.51. The van der Waals surface area contributed by atoms with Crippen molar-refractivity contribution in [3.05, 3.63) is 0 Å². The molecule has 63 heavy (non-hydrogen) atoms. The van der Waals surface area contributed by atoms with E-state index in [0.29, 0.717) is 12.8 Å². The fourth-order valence-corrected chi connectivity index (χ4v) is 7.64. The van der Waals surface area contributed by atoms with Gasteiger partial charge in [-0.15, -0.1) is 0 Å². The number of carbonyl (C=O) groups excluding carboxylic acids is 2. The monoisotopic (exact) mass is 942 g/mol.